The molecule has 3 N–H and O–H groups in total. The van der Waals surface area contributed by atoms with E-state index >= 15 is 0 Å². The number of nitrogens with one attached hydrogen (secondary N) is 3. The van der Waals surface area contributed by atoms with Gasteiger partial charge in [0.1, 0.15) is 11.6 Å². The van der Waals surface area contributed by atoms with Crippen LogP contribution in [-0.4, -0.2) is 37.2 Å². The molecule has 0 saturated heterocycles. The molecule has 0 atom stereocenters. The first kappa shape index (κ1) is 29.8. The van der Waals surface area contributed by atoms with Crippen LogP contribution in [0.2, 0.25) is 0 Å². The number of thiophene rings is 1. The molecule has 5 aromatic rings. The number of pyridine rings is 1. The molecule has 0 saturated carbocycles. The highest BCUT2D eigenvalue weighted by atomic mass is 32.1. The Labute approximate surface area is 250 Å². The van der Waals surface area contributed by atoms with Crippen LogP contribution in [0.15, 0.2) is 85.1 Å². The van der Waals surface area contributed by atoms with Gasteiger partial charge in [-0.1, -0.05) is 36.4 Å². The number of ether oxygens (including phenoxy) is 2. The molecule has 3 aromatic carbocycles. The lowest BCUT2D eigenvalue weighted by atomic mass is 10.1. The molecule has 0 spiro atoms. The van der Waals surface area contributed by atoms with Crippen LogP contribution in [0.4, 0.5) is 19.3 Å². The topological polar surface area (TPSA) is 102 Å². The first-order valence-electron chi connectivity index (χ1n) is 13.4. The average Bonchev–Trinajstić information content (AvgIpc) is 3.44. The van der Waals surface area contributed by atoms with Gasteiger partial charge in [-0.3, -0.25) is 15.1 Å². The number of methoxy groups -OCH3 is 1. The molecule has 0 aliphatic rings. The van der Waals surface area contributed by atoms with E-state index in [0.717, 1.165) is 45.4 Å². The van der Waals surface area contributed by atoms with Gasteiger partial charge in [-0.25, -0.2) is 13.6 Å². The van der Waals surface area contributed by atoms with Crippen molar-refractivity contribution in [2.24, 2.45) is 0 Å². The Balaban J connectivity index is 1.22. The van der Waals surface area contributed by atoms with E-state index < -0.39 is 23.6 Å². The number of hydrogen-bond donors (Lipinski definition) is 3. The summed E-state index contributed by atoms with van der Waals surface area (Å²) in [5.74, 6) is -1.30. The van der Waals surface area contributed by atoms with Gasteiger partial charge in [0.15, 0.2) is 11.6 Å². The minimum atomic E-state index is -0.822. The third kappa shape index (κ3) is 7.98. The molecule has 0 bridgehead atoms. The van der Waals surface area contributed by atoms with Gasteiger partial charge in [0.2, 0.25) is 5.91 Å². The molecule has 0 unspecified atom stereocenters. The van der Waals surface area contributed by atoms with E-state index in [4.69, 9.17) is 9.47 Å². The monoisotopic (exact) mass is 602 g/mol. The normalized spacial score (nSPS) is 11.0. The Bertz CT molecular complexity index is 1730. The third-order valence-corrected chi connectivity index (χ3v) is 7.55. The van der Waals surface area contributed by atoms with Crippen LogP contribution in [-0.2, 0) is 22.5 Å². The molecule has 43 heavy (non-hydrogen) atoms. The zero-order valence-electron chi connectivity index (χ0n) is 23.2. The van der Waals surface area contributed by atoms with Gasteiger partial charge in [0.25, 0.3) is 0 Å². The number of imide groups is 1. The quantitative estimate of drug-likeness (QED) is 0.146. The fourth-order valence-corrected chi connectivity index (χ4v) is 5.30. The largest absolute Gasteiger partial charge is 0.453 e. The summed E-state index contributed by atoms with van der Waals surface area (Å²) in [4.78, 5) is 29.8. The van der Waals surface area contributed by atoms with Gasteiger partial charge >= 0.3 is 6.03 Å². The van der Waals surface area contributed by atoms with Crippen molar-refractivity contribution in [2.45, 2.75) is 13.0 Å². The highest BCUT2D eigenvalue weighted by Gasteiger charge is 2.15. The molecule has 0 fully saturated rings. The molecular formula is C32H28F2N4O4S. The predicted molar refractivity (Wildman–Crippen MR) is 162 cm³/mol. The fourth-order valence-electron chi connectivity index (χ4n) is 4.23. The van der Waals surface area contributed by atoms with E-state index in [0.29, 0.717) is 17.9 Å². The van der Waals surface area contributed by atoms with Crippen molar-refractivity contribution in [1.29, 1.82) is 0 Å². The maximum atomic E-state index is 15.0. The van der Waals surface area contributed by atoms with Crippen molar-refractivity contribution in [3.63, 3.8) is 0 Å². The summed E-state index contributed by atoms with van der Waals surface area (Å²) in [6.07, 6.45) is 1.49. The molecule has 0 aliphatic heterocycles. The minimum Gasteiger partial charge on any atom is -0.453 e. The fraction of sp³-hybridized carbons (Fsp3) is 0.156. The van der Waals surface area contributed by atoms with Gasteiger partial charge in [-0.15, -0.1) is 11.3 Å². The molecule has 8 nitrogen and oxygen atoms in total. The van der Waals surface area contributed by atoms with Crippen molar-refractivity contribution in [1.82, 2.24) is 15.6 Å². The van der Waals surface area contributed by atoms with E-state index in [1.165, 1.54) is 47.7 Å². The van der Waals surface area contributed by atoms with Crippen LogP contribution < -0.4 is 20.7 Å². The summed E-state index contributed by atoms with van der Waals surface area (Å²) in [6, 6.07) is 20.4. The second kappa shape index (κ2) is 14.0. The van der Waals surface area contributed by atoms with Crippen LogP contribution in [0.25, 0.3) is 20.7 Å². The van der Waals surface area contributed by atoms with Gasteiger partial charge in [0, 0.05) is 49.1 Å². The molecule has 2 aromatic heterocycles. The van der Waals surface area contributed by atoms with E-state index in [9.17, 15) is 18.4 Å². The maximum Gasteiger partial charge on any atom is 0.325 e. The Kier molecular flexibility index (Phi) is 9.67. The van der Waals surface area contributed by atoms with Gasteiger partial charge < -0.3 is 20.1 Å². The molecule has 2 heterocycles. The van der Waals surface area contributed by atoms with Crippen LogP contribution >= 0.6 is 11.3 Å². The van der Waals surface area contributed by atoms with Crippen molar-refractivity contribution in [3.05, 3.63) is 108 Å². The molecule has 3 amide bonds. The van der Waals surface area contributed by atoms with Crippen molar-refractivity contribution in [2.75, 3.05) is 25.6 Å². The second-order valence-electron chi connectivity index (χ2n) is 9.55. The second-order valence-corrected chi connectivity index (χ2v) is 10.6. The van der Waals surface area contributed by atoms with Crippen LogP contribution in [0, 0.1) is 11.6 Å². The number of aromatic nitrogens is 1. The summed E-state index contributed by atoms with van der Waals surface area (Å²) in [5, 5.41) is 7.92. The number of carbonyl (C=O) groups is 2. The molecule has 11 heteroatoms. The lowest BCUT2D eigenvalue weighted by molar-refractivity contribution is -0.119. The summed E-state index contributed by atoms with van der Waals surface area (Å²) in [6.45, 7) is 2.18. The van der Waals surface area contributed by atoms with E-state index in [1.807, 2.05) is 6.07 Å². The first-order chi connectivity index (χ1) is 20.9. The number of halogens is 2. The number of nitrogens with zero attached hydrogens (tertiary/aromatic N) is 1. The third-order valence-electron chi connectivity index (χ3n) is 6.37. The molecule has 5 rings (SSSR count). The number of hydrogen-bond acceptors (Lipinski definition) is 7. The number of anilines is 1. The summed E-state index contributed by atoms with van der Waals surface area (Å²) in [5.41, 5.74) is 3.59. The van der Waals surface area contributed by atoms with E-state index in [-0.39, 0.29) is 17.9 Å². The Hall–Kier alpha value is -4.71. The number of carbonyl (C=O) groups excluding carboxylic acids is 2. The Morgan fingerprint density at radius 3 is 2.42 bits per heavy atom. The number of rotatable bonds is 11. The van der Waals surface area contributed by atoms with Gasteiger partial charge in [0.05, 0.1) is 23.2 Å². The smallest absolute Gasteiger partial charge is 0.325 e. The van der Waals surface area contributed by atoms with Gasteiger partial charge in [-0.05, 0) is 47.0 Å². The highest BCUT2D eigenvalue weighted by Crippen LogP contribution is 2.39. The number of amides is 3. The predicted octanol–water partition coefficient (Wildman–Crippen LogP) is 6.66. The maximum absolute atomic E-state index is 15.0. The van der Waals surface area contributed by atoms with E-state index in [1.54, 1.807) is 19.4 Å². The average molecular weight is 603 g/mol. The van der Waals surface area contributed by atoms with E-state index in [2.05, 4.69) is 45.2 Å². The van der Waals surface area contributed by atoms with Crippen LogP contribution in [0.3, 0.4) is 0 Å². The zero-order valence-corrected chi connectivity index (χ0v) is 24.0. The van der Waals surface area contributed by atoms with Gasteiger partial charge in [-0.2, -0.15) is 0 Å². The minimum absolute atomic E-state index is 0.0360. The lowest BCUT2D eigenvalue weighted by Crippen LogP contribution is -2.35. The Morgan fingerprint density at radius 1 is 0.907 bits per heavy atom. The molecule has 0 aliphatic carbocycles. The summed E-state index contributed by atoms with van der Waals surface area (Å²) < 4.78 is 39.8. The van der Waals surface area contributed by atoms with Crippen LogP contribution in [0.5, 0.6) is 11.5 Å². The summed E-state index contributed by atoms with van der Waals surface area (Å²) >= 11 is 1.49. The van der Waals surface area contributed by atoms with Crippen LogP contribution in [0.1, 0.15) is 11.1 Å². The zero-order chi connectivity index (χ0) is 30.2. The SMILES string of the molecule is COCCNCc1ccc(-c2cc3nccc(Oc4ccc(NC(=O)NC(=O)Cc5ccc(F)cc5)cc4F)c3s2)cc1. The highest BCUT2D eigenvalue weighted by molar-refractivity contribution is 7.22. The van der Waals surface area contributed by atoms with Crippen molar-refractivity contribution < 1.29 is 27.8 Å². The number of fused-ring (bicyclic) bond motifs is 1. The first-order valence-corrected chi connectivity index (χ1v) is 14.2. The lowest BCUT2D eigenvalue weighted by Gasteiger charge is -2.10. The number of urea groups is 1. The molecule has 0 radical (unpaired) electrons. The summed E-state index contributed by atoms with van der Waals surface area (Å²) in [7, 11) is 1.67. The van der Waals surface area contributed by atoms with Crippen molar-refractivity contribution >= 4 is 39.2 Å². The number of benzene rings is 3. The molecule has 220 valence electrons. The van der Waals surface area contributed by atoms with Crippen molar-refractivity contribution in [3.8, 4) is 21.9 Å². The molecular weight excluding hydrogens is 574 g/mol. The standard InChI is InChI=1S/C32H28F2N4O4S/c1-41-15-14-35-19-21-2-6-22(7-3-21)29-18-26-31(43-29)28(12-13-36-26)42-27-11-10-24(17-25(27)34)37-32(40)38-30(39)16-20-4-8-23(33)9-5-20/h2-13,17-18,35H,14-16,19H2,1H3,(H2,37,38,39,40). The Morgan fingerprint density at radius 2 is 1.67 bits per heavy atom.